The summed E-state index contributed by atoms with van der Waals surface area (Å²) < 4.78 is 0. The molecule has 0 bridgehead atoms. The molecule has 1 rings (SSSR count). The first-order chi connectivity index (χ1) is 7.95. The summed E-state index contributed by atoms with van der Waals surface area (Å²) in [6.07, 6.45) is 6.03. The normalized spacial score (nSPS) is 35.3. The molecule has 1 nitrogen and oxygen atoms in total. The van der Waals surface area contributed by atoms with E-state index in [1.54, 1.807) is 0 Å². The Labute approximate surface area is 107 Å². The minimum atomic E-state index is -0.340. The van der Waals surface area contributed by atoms with Crippen LogP contribution in [0.1, 0.15) is 60.3 Å². The second-order valence-electron chi connectivity index (χ2n) is 5.85. The van der Waals surface area contributed by atoms with Crippen LogP contribution in [0.3, 0.4) is 0 Å². The van der Waals surface area contributed by atoms with Crippen molar-refractivity contribution < 1.29 is 5.11 Å². The molecule has 0 aliphatic heterocycles. The predicted octanol–water partition coefficient (Wildman–Crippen LogP) is 4.32. The van der Waals surface area contributed by atoms with Crippen LogP contribution in [0.2, 0.25) is 0 Å². The third kappa shape index (κ3) is 3.03. The van der Waals surface area contributed by atoms with E-state index in [0.717, 1.165) is 18.8 Å². The van der Waals surface area contributed by atoms with E-state index in [2.05, 4.69) is 33.4 Å². The first kappa shape index (κ1) is 14.5. The number of rotatable bonds is 3. The molecule has 1 aliphatic carbocycles. The molecule has 1 fully saturated rings. The van der Waals surface area contributed by atoms with Crippen molar-refractivity contribution >= 4 is 0 Å². The fraction of sp³-hybridized carbons (Fsp3) is 0.812. The van der Waals surface area contributed by atoms with Crippen LogP contribution in [0.4, 0.5) is 0 Å². The number of aliphatic hydroxyl groups excluding tert-OH is 1. The van der Waals surface area contributed by atoms with Gasteiger partial charge < -0.3 is 5.11 Å². The topological polar surface area (TPSA) is 20.2 Å². The first-order valence-corrected chi connectivity index (χ1v) is 7.10. The Kier molecular flexibility index (Phi) is 5.04. The first-order valence-electron chi connectivity index (χ1n) is 7.10. The van der Waals surface area contributed by atoms with Crippen molar-refractivity contribution in [2.75, 3.05) is 0 Å². The molecule has 0 radical (unpaired) electrons. The second-order valence-corrected chi connectivity index (χ2v) is 5.85. The molecule has 0 spiro atoms. The zero-order chi connectivity index (χ0) is 13.1. The van der Waals surface area contributed by atoms with Crippen LogP contribution in [0, 0.1) is 17.3 Å². The van der Waals surface area contributed by atoms with E-state index < -0.39 is 0 Å². The van der Waals surface area contributed by atoms with E-state index in [1.165, 1.54) is 18.4 Å². The van der Waals surface area contributed by atoms with E-state index in [-0.39, 0.29) is 11.5 Å². The highest BCUT2D eigenvalue weighted by molar-refractivity contribution is 5.20. The molecule has 2 unspecified atom stereocenters. The molecule has 98 valence electrons. The average molecular weight is 236 g/mol. The van der Waals surface area contributed by atoms with Gasteiger partial charge in [0.05, 0.1) is 6.10 Å². The van der Waals surface area contributed by atoms with Crippen LogP contribution in [-0.2, 0) is 0 Å². The summed E-state index contributed by atoms with van der Waals surface area (Å²) >= 11 is 0. The lowest BCUT2D eigenvalue weighted by atomic mass is 9.60. The van der Waals surface area contributed by atoms with Crippen molar-refractivity contribution in [3.05, 3.63) is 17.4 Å². The van der Waals surface area contributed by atoms with Crippen molar-refractivity contribution in [3.8, 4) is 0 Å². The second kappa shape index (κ2) is 5.89. The number of aliphatic hydroxyl groups is 1. The Bertz CT molecular complexity index is 311. The van der Waals surface area contributed by atoms with Crippen LogP contribution < -0.4 is 0 Å². The Balaban J connectivity index is 3.10. The minimum Gasteiger partial charge on any atom is -0.388 e. The lowest BCUT2D eigenvalue weighted by molar-refractivity contribution is 0.166. The van der Waals surface area contributed by atoms with Gasteiger partial charge in [0.15, 0.2) is 0 Å². The van der Waals surface area contributed by atoms with Gasteiger partial charge in [0.2, 0.25) is 0 Å². The lowest BCUT2D eigenvalue weighted by Gasteiger charge is -2.43. The van der Waals surface area contributed by atoms with Gasteiger partial charge in [-0.15, -0.1) is 5.73 Å². The highest BCUT2D eigenvalue weighted by Gasteiger charge is 2.39. The van der Waals surface area contributed by atoms with Crippen LogP contribution in [0.25, 0.3) is 0 Å². The van der Waals surface area contributed by atoms with Crippen molar-refractivity contribution in [3.63, 3.8) is 0 Å². The Morgan fingerprint density at radius 2 is 2.06 bits per heavy atom. The van der Waals surface area contributed by atoms with Gasteiger partial charge in [-0.25, -0.2) is 0 Å². The van der Waals surface area contributed by atoms with Gasteiger partial charge >= 0.3 is 0 Å². The third-order valence-corrected chi connectivity index (χ3v) is 4.81. The predicted molar refractivity (Wildman–Crippen MR) is 73.9 cm³/mol. The zero-order valence-corrected chi connectivity index (χ0v) is 12.1. The zero-order valence-electron chi connectivity index (χ0n) is 12.1. The smallest absolute Gasteiger partial charge is 0.0791 e. The fourth-order valence-electron chi connectivity index (χ4n) is 2.94. The van der Waals surface area contributed by atoms with Crippen molar-refractivity contribution in [1.29, 1.82) is 0 Å². The summed E-state index contributed by atoms with van der Waals surface area (Å²) in [4.78, 5) is 0. The van der Waals surface area contributed by atoms with Gasteiger partial charge in [0.1, 0.15) is 0 Å². The molecule has 1 N–H and O–H groups in total. The molecule has 1 aliphatic rings. The van der Waals surface area contributed by atoms with Gasteiger partial charge in [-0.05, 0) is 54.6 Å². The van der Waals surface area contributed by atoms with Crippen molar-refractivity contribution in [2.24, 2.45) is 17.3 Å². The Morgan fingerprint density at radius 1 is 1.41 bits per heavy atom. The fourth-order valence-corrected chi connectivity index (χ4v) is 2.94. The van der Waals surface area contributed by atoms with Crippen molar-refractivity contribution in [2.45, 2.75) is 66.4 Å². The molecular formula is C16H28O. The highest BCUT2D eigenvalue weighted by Crippen LogP contribution is 2.49. The summed E-state index contributed by atoms with van der Waals surface area (Å²) in [6, 6.07) is 0. The van der Waals surface area contributed by atoms with Crippen LogP contribution in [0.15, 0.2) is 17.4 Å². The molecule has 1 heteroatoms. The summed E-state index contributed by atoms with van der Waals surface area (Å²) in [6.45, 7) is 11.3. The average Bonchev–Trinajstić information content (AvgIpc) is 2.33. The molecule has 1 saturated carbocycles. The third-order valence-electron chi connectivity index (χ3n) is 4.81. The maximum Gasteiger partial charge on any atom is 0.0791 e. The van der Waals surface area contributed by atoms with E-state index in [0.29, 0.717) is 5.92 Å². The summed E-state index contributed by atoms with van der Waals surface area (Å²) in [7, 11) is 0. The molecule has 17 heavy (non-hydrogen) atoms. The largest absolute Gasteiger partial charge is 0.388 e. The van der Waals surface area contributed by atoms with Gasteiger partial charge in [0.25, 0.3) is 0 Å². The van der Waals surface area contributed by atoms with Crippen molar-refractivity contribution in [1.82, 2.24) is 0 Å². The highest BCUT2D eigenvalue weighted by atomic mass is 16.3. The van der Waals surface area contributed by atoms with Gasteiger partial charge in [-0.2, -0.15) is 0 Å². The SMILES string of the molecule is CCC(O)C=C=C1C(C)CC[C@@H](C)[C@]1(C)CC. The molecule has 0 heterocycles. The maximum atomic E-state index is 9.65. The minimum absolute atomic E-state index is 0.266. The van der Waals surface area contributed by atoms with Crippen LogP contribution in [0.5, 0.6) is 0 Å². The lowest BCUT2D eigenvalue weighted by Crippen LogP contribution is -2.34. The van der Waals surface area contributed by atoms with Gasteiger partial charge in [-0.1, -0.05) is 34.6 Å². The molecular weight excluding hydrogens is 208 g/mol. The van der Waals surface area contributed by atoms with Gasteiger partial charge in [-0.3, -0.25) is 0 Å². The van der Waals surface area contributed by atoms with E-state index in [4.69, 9.17) is 0 Å². The molecule has 0 aromatic carbocycles. The Morgan fingerprint density at radius 3 is 2.59 bits per heavy atom. The molecule has 0 aromatic rings. The monoisotopic (exact) mass is 236 g/mol. The van der Waals surface area contributed by atoms with Crippen LogP contribution >= 0.6 is 0 Å². The van der Waals surface area contributed by atoms with Crippen LogP contribution in [-0.4, -0.2) is 11.2 Å². The van der Waals surface area contributed by atoms with E-state index in [9.17, 15) is 5.11 Å². The summed E-state index contributed by atoms with van der Waals surface area (Å²) in [5, 5.41) is 9.65. The quantitative estimate of drug-likeness (QED) is 0.723. The van der Waals surface area contributed by atoms with E-state index >= 15 is 0 Å². The number of hydrogen-bond acceptors (Lipinski definition) is 1. The maximum absolute atomic E-state index is 9.65. The number of hydrogen-bond donors (Lipinski definition) is 1. The molecule has 0 aromatic heterocycles. The summed E-state index contributed by atoms with van der Waals surface area (Å²) in [5.74, 6) is 1.33. The molecule has 4 atom stereocenters. The molecule has 0 saturated heterocycles. The van der Waals surface area contributed by atoms with Gasteiger partial charge in [0, 0.05) is 0 Å². The summed E-state index contributed by atoms with van der Waals surface area (Å²) in [5.41, 5.74) is 5.12. The Hall–Kier alpha value is -0.520. The molecule has 0 amide bonds. The van der Waals surface area contributed by atoms with E-state index in [1.807, 2.05) is 13.0 Å². The standard InChI is InChI=1S/C16H28O/c1-6-14(17)10-11-15-12(3)8-9-13(4)16(15,5)7-2/h10,12-14,17H,6-9H2,1-5H3/t11?,12?,13-,14?,16+/m1/s1.